The molecule has 0 saturated carbocycles. The Hall–Kier alpha value is -1.72. The second-order valence-electron chi connectivity index (χ2n) is 6.23. The first kappa shape index (κ1) is 17.1. The molecule has 1 aliphatic heterocycles. The van der Waals surface area contributed by atoms with E-state index >= 15 is 0 Å². The lowest BCUT2D eigenvalue weighted by Gasteiger charge is -2.36. The summed E-state index contributed by atoms with van der Waals surface area (Å²) in [7, 11) is 0. The van der Waals surface area contributed by atoms with E-state index < -0.39 is 0 Å². The lowest BCUT2D eigenvalue weighted by atomic mass is 10.0. The van der Waals surface area contributed by atoms with Crippen molar-refractivity contribution in [1.82, 2.24) is 10.2 Å². The van der Waals surface area contributed by atoms with Gasteiger partial charge in [-0.25, -0.2) is 4.39 Å². The smallest absolute Gasteiger partial charge is 0.223 e. The number of hydrogen-bond donors (Lipinski definition) is 1. The maximum atomic E-state index is 13.5. The van der Waals surface area contributed by atoms with Crippen molar-refractivity contribution in [2.75, 3.05) is 19.6 Å². The van der Waals surface area contributed by atoms with Gasteiger partial charge in [-0.1, -0.05) is 12.1 Å². The molecule has 1 unspecified atom stereocenters. The van der Waals surface area contributed by atoms with Crippen molar-refractivity contribution < 1.29 is 9.18 Å². The van der Waals surface area contributed by atoms with Crippen LogP contribution in [0.2, 0.25) is 0 Å². The number of nitrogens with one attached hydrogen (secondary N) is 1. The monoisotopic (exact) mass is 346 g/mol. The number of piperazine rings is 1. The summed E-state index contributed by atoms with van der Waals surface area (Å²) >= 11 is 1.80. The molecule has 1 fully saturated rings. The molecule has 1 aromatic carbocycles. The summed E-state index contributed by atoms with van der Waals surface area (Å²) in [5.74, 6) is -0.0856. The number of halogens is 1. The summed E-state index contributed by atoms with van der Waals surface area (Å²) in [5.41, 5.74) is 0.865. The summed E-state index contributed by atoms with van der Waals surface area (Å²) in [6.07, 6.45) is 2.35. The molecule has 3 rings (SSSR count). The molecule has 2 aromatic rings. The van der Waals surface area contributed by atoms with Gasteiger partial charge >= 0.3 is 0 Å². The van der Waals surface area contributed by atoms with Crippen LogP contribution in [-0.4, -0.2) is 30.4 Å². The van der Waals surface area contributed by atoms with Crippen LogP contribution in [0.25, 0.3) is 0 Å². The van der Waals surface area contributed by atoms with Crippen LogP contribution >= 0.6 is 11.3 Å². The van der Waals surface area contributed by atoms with E-state index in [1.165, 1.54) is 21.9 Å². The first-order valence-corrected chi connectivity index (χ1v) is 9.26. The highest BCUT2D eigenvalue weighted by Crippen LogP contribution is 2.24. The van der Waals surface area contributed by atoms with E-state index in [9.17, 15) is 9.18 Å². The fourth-order valence-electron chi connectivity index (χ4n) is 3.19. The third kappa shape index (κ3) is 4.22. The van der Waals surface area contributed by atoms with E-state index in [1.54, 1.807) is 17.4 Å². The average molecular weight is 346 g/mol. The summed E-state index contributed by atoms with van der Waals surface area (Å²) in [6.45, 7) is 4.25. The van der Waals surface area contributed by atoms with Crippen molar-refractivity contribution in [1.29, 1.82) is 0 Å². The molecule has 3 nitrogen and oxygen atoms in total. The van der Waals surface area contributed by atoms with Crippen LogP contribution in [0.4, 0.5) is 4.39 Å². The number of hydrogen-bond acceptors (Lipinski definition) is 3. The largest absolute Gasteiger partial charge is 0.333 e. The van der Waals surface area contributed by atoms with Crippen LogP contribution in [-0.2, 0) is 11.2 Å². The number of carbonyl (C=O) groups excluding carboxylic acids is 1. The second-order valence-corrected chi connectivity index (χ2v) is 7.60. The van der Waals surface area contributed by atoms with E-state index in [1.807, 2.05) is 11.0 Å². The maximum absolute atomic E-state index is 13.5. The van der Waals surface area contributed by atoms with Gasteiger partial charge in [0, 0.05) is 35.8 Å². The molecule has 1 atom stereocenters. The van der Waals surface area contributed by atoms with Crippen LogP contribution in [0.3, 0.4) is 0 Å². The van der Waals surface area contributed by atoms with Crippen molar-refractivity contribution >= 4 is 17.2 Å². The van der Waals surface area contributed by atoms with Crippen LogP contribution < -0.4 is 5.32 Å². The SMILES string of the molecule is Cc1ccc(CCCC(=O)N2CCNCC2c2cccc(F)c2)s1. The van der Waals surface area contributed by atoms with Crippen LogP contribution in [0.15, 0.2) is 36.4 Å². The summed E-state index contributed by atoms with van der Waals surface area (Å²) in [4.78, 5) is 17.2. The highest BCUT2D eigenvalue weighted by Gasteiger charge is 2.27. The lowest BCUT2D eigenvalue weighted by Crippen LogP contribution is -2.48. The zero-order valence-corrected chi connectivity index (χ0v) is 14.7. The van der Waals surface area contributed by atoms with Crippen molar-refractivity contribution in [3.63, 3.8) is 0 Å². The Bertz CT molecular complexity index is 700. The fourth-order valence-corrected chi connectivity index (χ4v) is 4.12. The van der Waals surface area contributed by atoms with Gasteiger partial charge < -0.3 is 10.2 Å². The van der Waals surface area contributed by atoms with Gasteiger partial charge in [-0.15, -0.1) is 11.3 Å². The average Bonchev–Trinajstić information content (AvgIpc) is 3.00. The molecule has 1 amide bonds. The van der Waals surface area contributed by atoms with Gasteiger partial charge in [0.25, 0.3) is 0 Å². The number of benzene rings is 1. The third-order valence-electron chi connectivity index (χ3n) is 4.41. The van der Waals surface area contributed by atoms with E-state index in [4.69, 9.17) is 0 Å². The van der Waals surface area contributed by atoms with Gasteiger partial charge in [0.2, 0.25) is 5.91 Å². The van der Waals surface area contributed by atoms with Gasteiger partial charge in [-0.2, -0.15) is 0 Å². The predicted octanol–water partition coefficient (Wildman–Crippen LogP) is 3.69. The van der Waals surface area contributed by atoms with E-state index in [0.29, 0.717) is 19.5 Å². The fraction of sp³-hybridized carbons (Fsp3) is 0.421. The quantitative estimate of drug-likeness (QED) is 0.895. The minimum absolute atomic E-state index is 0.0778. The lowest BCUT2D eigenvalue weighted by molar-refractivity contribution is -0.134. The molecule has 0 spiro atoms. The van der Waals surface area contributed by atoms with Gasteiger partial charge in [-0.3, -0.25) is 4.79 Å². The van der Waals surface area contributed by atoms with Gasteiger partial charge in [0.05, 0.1) is 6.04 Å². The van der Waals surface area contributed by atoms with Crippen molar-refractivity contribution in [2.24, 2.45) is 0 Å². The highest BCUT2D eigenvalue weighted by atomic mass is 32.1. The number of aryl methyl sites for hydroxylation is 2. The second kappa shape index (κ2) is 7.90. The Morgan fingerprint density at radius 2 is 2.25 bits per heavy atom. The zero-order valence-electron chi connectivity index (χ0n) is 13.9. The minimum Gasteiger partial charge on any atom is -0.333 e. The number of amides is 1. The highest BCUT2D eigenvalue weighted by molar-refractivity contribution is 7.11. The van der Waals surface area contributed by atoms with E-state index in [2.05, 4.69) is 24.4 Å². The Balaban J connectivity index is 1.61. The molecule has 5 heteroatoms. The molecular weight excluding hydrogens is 323 g/mol. The van der Waals surface area contributed by atoms with Crippen LogP contribution in [0.5, 0.6) is 0 Å². The predicted molar refractivity (Wildman–Crippen MR) is 95.7 cm³/mol. The Labute approximate surface area is 146 Å². The molecular formula is C19H23FN2OS. The van der Waals surface area contributed by atoms with Crippen LogP contribution in [0, 0.1) is 12.7 Å². The number of rotatable bonds is 5. The molecule has 24 heavy (non-hydrogen) atoms. The summed E-state index contributed by atoms with van der Waals surface area (Å²) in [5, 5.41) is 3.31. The van der Waals surface area contributed by atoms with E-state index in [-0.39, 0.29) is 17.8 Å². The third-order valence-corrected chi connectivity index (χ3v) is 5.47. The van der Waals surface area contributed by atoms with Crippen molar-refractivity contribution in [3.05, 3.63) is 57.5 Å². The minimum atomic E-state index is -0.251. The summed E-state index contributed by atoms with van der Waals surface area (Å²) in [6, 6.07) is 10.8. The van der Waals surface area contributed by atoms with Crippen LogP contribution in [0.1, 0.15) is 34.2 Å². The van der Waals surface area contributed by atoms with Gasteiger partial charge in [-0.05, 0) is 49.6 Å². The topological polar surface area (TPSA) is 32.3 Å². The Morgan fingerprint density at radius 3 is 3.00 bits per heavy atom. The first-order valence-electron chi connectivity index (χ1n) is 8.44. The molecule has 0 radical (unpaired) electrons. The molecule has 1 aliphatic rings. The van der Waals surface area contributed by atoms with Gasteiger partial charge in [0.15, 0.2) is 0 Å². The van der Waals surface area contributed by atoms with Gasteiger partial charge in [0.1, 0.15) is 5.82 Å². The standard InChI is InChI=1S/C19H23FN2OS/c1-14-8-9-17(24-14)6-3-7-19(23)22-11-10-21-13-18(22)15-4-2-5-16(20)12-15/h2,4-5,8-9,12,18,21H,3,6-7,10-11,13H2,1H3. The number of nitrogens with zero attached hydrogens (tertiary/aromatic N) is 1. The maximum Gasteiger partial charge on any atom is 0.223 e. The number of carbonyl (C=O) groups is 1. The molecule has 1 N–H and O–H groups in total. The van der Waals surface area contributed by atoms with Crippen molar-refractivity contribution in [3.8, 4) is 0 Å². The molecule has 1 aromatic heterocycles. The summed E-state index contributed by atoms with van der Waals surface area (Å²) < 4.78 is 13.5. The normalized spacial score (nSPS) is 17.9. The van der Waals surface area contributed by atoms with Crippen molar-refractivity contribution in [2.45, 2.75) is 32.2 Å². The zero-order chi connectivity index (χ0) is 16.9. The first-order chi connectivity index (χ1) is 11.6. The van der Waals surface area contributed by atoms with E-state index in [0.717, 1.165) is 24.9 Å². The molecule has 0 aliphatic carbocycles. The molecule has 0 bridgehead atoms. The number of thiophene rings is 1. The Morgan fingerprint density at radius 1 is 1.38 bits per heavy atom. The molecule has 1 saturated heterocycles. The molecule has 128 valence electrons. The molecule has 2 heterocycles. The Kier molecular flexibility index (Phi) is 5.63.